The topological polar surface area (TPSA) is 89.3 Å². The lowest BCUT2D eigenvalue weighted by Gasteiger charge is -2.13. The first-order valence-electron chi connectivity index (χ1n) is 9.92. The number of alkyl halides is 3. The molecular formula is C22H17BF3N5O2. The van der Waals surface area contributed by atoms with Crippen molar-refractivity contribution in [2.45, 2.75) is 26.0 Å². The van der Waals surface area contributed by atoms with Crippen LogP contribution in [0.2, 0.25) is 6.32 Å². The summed E-state index contributed by atoms with van der Waals surface area (Å²) in [6, 6.07) is 11.1. The predicted octanol–water partition coefficient (Wildman–Crippen LogP) is 4.70. The lowest BCUT2D eigenvalue weighted by molar-refractivity contribution is -0.140. The molecule has 166 valence electrons. The van der Waals surface area contributed by atoms with Crippen LogP contribution in [0.3, 0.4) is 0 Å². The number of hydrogen-bond acceptors (Lipinski definition) is 6. The fourth-order valence-corrected chi connectivity index (χ4v) is 3.29. The van der Waals surface area contributed by atoms with Crippen molar-refractivity contribution in [2.75, 3.05) is 0 Å². The number of benzene rings is 1. The third-order valence-corrected chi connectivity index (χ3v) is 4.72. The maximum absolute atomic E-state index is 13.6. The first-order chi connectivity index (χ1) is 15.9. The Morgan fingerprint density at radius 2 is 1.82 bits per heavy atom. The number of aromatic nitrogens is 5. The van der Waals surface area contributed by atoms with Crippen molar-refractivity contribution in [3.05, 3.63) is 66.3 Å². The van der Waals surface area contributed by atoms with Crippen LogP contribution in [-0.4, -0.2) is 37.5 Å². The molecule has 4 heterocycles. The molecule has 0 saturated heterocycles. The number of aliphatic hydroxyl groups is 1. The largest absolute Gasteiger partial charge is 0.433 e. The van der Waals surface area contributed by atoms with E-state index >= 15 is 0 Å². The molecule has 0 fully saturated rings. The molecule has 0 amide bonds. The zero-order chi connectivity index (χ0) is 23.6. The van der Waals surface area contributed by atoms with E-state index in [1.807, 2.05) is 6.92 Å². The van der Waals surface area contributed by atoms with Gasteiger partial charge in [0.05, 0.1) is 14.5 Å². The van der Waals surface area contributed by atoms with Gasteiger partial charge in [-0.3, -0.25) is 4.40 Å². The third kappa shape index (κ3) is 4.44. The van der Waals surface area contributed by atoms with Crippen LogP contribution in [0.4, 0.5) is 13.2 Å². The van der Waals surface area contributed by atoms with Gasteiger partial charge in [-0.15, -0.1) is 10.2 Å². The van der Waals surface area contributed by atoms with Crippen molar-refractivity contribution in [2.24, 2.45) is 0 Å². The van der Waals surface area contributed by atoms with Crippen LogP contribution in [0, 0.1) is 0 Å². The van der Waals surface area contributed by atoms with Crippen LogP contribution in [0.25, 0.3) is 39.4 Å². The van der Waals surface area contributed by atoms with E-state index in [2.05, 4.69) is 20.2 Å². The second-order valence-corrected chi connectivity index (χ2v) is 6.98. The first-order valence-corrected chi connectivity index (χ1v) is 9.92. The fourth-order valence-electron chi connectivity index (χ4n) is 3.29. The van der Waals surface area contributed by atoms with E-state index < -0.39 is 11.9 Å². The second-order valence-electron chi connectivity index (χ2n) is 6.98. The number of halogens is 3. The molecule has 0 aliphatic carbocycles. The number of hydrogen-bond donors (Lipinski definition) is 1. The van der Waals surface area contributed by atoms with E-state index in [1.54, 1.807) is 36.4 Å². The van der Waals surface area contributed by atoms with E-state index in [0.29, 0.717) is 33.4 Å². The number of imidazole rings is 1. The summed E-state index contributed by atoms with van der Waals surface area (Å²) in [4.78, 5) is 8.22. The number of rotatable bonds is 3. The van der Waals surface area contributed by atoms with Gasteiger partial charge in [0.15, 0.2) is 0 Å². The Hall–Kier alpha value is -3.73. The summed E-state index contributed by atoms with van der Waals surface area (Å²) in [6.45, 7) is 1.75. The van der Waals surface area contributed by atoms with E-state index in [1.165, 1.54) is 10.6 Å². The average Bonchev–Trinajstić information content (AvgIpc) is 3.48. The molecule has 5 rings (SSSR count). The molecule has 11 heteroatoms. The molecule has 0 aliphatic heterocycles. The lowest BCUT2D eigenvalue weighted by Crippen LogP contribution is -2.09. The predicted molar refractivity (Wildman–Crippen MR) is 116 cm³/mol. The number of aliphatic hydroxyl groups excluding tert-OH is 1. The molecule has 0 spiro atoms. The molecule has 0 atom stereocenters. The Morgan fingerprint density at radius 3 is 2.42 bits per heavy atom. The zero-order valence-electron chi connectivity index (χ0n) is 17.4. The SMILES string of the molecule is OCc1ccc(-c2cc(C(F)(F)F)nc3c2ccc2nc(-c4nnco4)cn23)cc1.[B]CC. The zero-order valence-corrected chi connectivity index (χ0v) is 17.4. The van der Waals surface area contributed by atoms with Crippen LogP contribution >= 0.6 is 0 Å². The van der Waals surface area contributed by atoms with Crippen LogP contribution in [0.5, 0.6) is 0 Å². The highest BCUT2D eigenvalue weighted by atomic mass is 19.4. The van der Waals surface area contributed by atoms with Crippen LogP contribution in [0.15, 0.2) is 59.5 Å². The fraction of sp³-hybridized carbons (Fsp3) is 0.182. The smallest absolute Gasteiger partial charge is 0.422 e. The van der Waals surface area contributed by atoms with Crippen molar-refractivity contribution in [3.63, 3.8) is 0 Å². The molecule has 0 aliphatic rings. The molecule has 0 unspecified atom stereocenters. The molecule has 0 bridgehead atoms. The highest BCUT2D eigenvalue weighted by molar-refractivity contribution is 6.08. The van der Waals surface area contributed by atoms with Crippen LogP contribution in [0.1, 0.15) is 18.2 Å². The van der Waals surface area contributed by atoms with E-state index in [-0.39, 0.29) is 18.1 Å². The molecule has 1 N–H and O–H groups in total. The Kier molecular flexibility index (Phi) is 6.15. The molecule has 33 heavy (non-hydrogen) atoms. The van der Waals surface area contributed by atoms with Crippen LogP contribution in [-0.2, 0) is 12.8 Å². The summed E-state index contributed by atoms with van der Waals surface area (Å²) in [7, 11) is 4.85. The standard InChI is InChI=1S/C20H12F3N5O2.C2H5B/c21-20(22,23)16-7-14(12-3-1-11(9-29)2-4-12)13-5-6-17-25-15(19-27-24-10-30-19)8-28(17)18(13)26-16;1-2-3/h1-8,10,29H,9H2;2H2,1H3. The van der Waals surface area contributed by atoms with Crippen molar-refractivity contribution in [3.8, 4) is 22.7 Å². The van der Waals surface area contributed by atoms with Gasteiger partial charge in [-0.1, -0.05) is 37.5 Å². The number of nitrogens with zero attached hydrogens (tertiary/aromatic N) is 5. The Balaban J connectivity index is 0.000000821. The van der Waals surface area contributed by atoms with Gasteiger partial charge in [-0.05, 0) is 34.9 Å². The summed E-state index contributed by atoms with van der Waals surface area (Å²) in [5, 5.41) is 17.1. The van der Waals surface area contributed by atoms with Gasteiger partial charge >= 0.3 is 6.18 Å². The van der Waals surface area contributed by atoms with Crippen molar-refractivity contribution in [1.82, 2.24) is 24.6 Å². The molecule has 5 aromatic rings. The maximum atomic E-state index is 13.6. The summed E-state index contributed by atoms with van der Waals surface area (Å²) in [5.74, 6) is 0.152. The highest BCUT2D eigenvalue weighted by Gasteiger charge is 2.34. The molecule has 0 saturated carbocycles. The minimum atomic E-state index is -4.63. The van der Waals surface area contributed by atoms with E-state index in [0.717, 1.165) is 18.8 Å². The summed E-state index contributed by atoms with van der Waals surface area (Å²) < 4.78 is 47.4. The Bertz CT molecular complexity index is 1380. The van der Waals surface area contributed by atoms with E-state index in [9.17, 15) is 18.3 Å². The minimum absolute atomic E-state index is 0.0989. The summed E-state index contributed by atoms with van der Waals surface area (Å²) in [5.41, 5.74) is 1.40. The first kappa shape index (κ1) is 22.5. The maximum Gasteiger partial charge on any atom is 0.433 e. The lowest BCUT2D eigenvalue weighted by atomic mass is 10.0. The van der Waals surface area contributed by atoms with Crippen LogP contribution < -0.4 is 0 Å². The summed E-state index contributed by atoms with van der Waals surface area (Å²) >= 11 is 0. The van der Waals surface area contributed by atoms with Crippen molar-refractivity contribution >= 4 is 24.5 Å². The normalized spacial score (nSPS) is 11.5. The van der Waals surface area contributed by atoms with Crippen molar-refractivity contribution < 1.29 is 22.7 Å². The average molecular weight is 451 g/mol. The van der Waals surface area contributed by atoms with E-state index in [4.69, 9.17) is 12.3 Å². The third-order valence-electron chi connectivity index (χ3n) is 4.72. The highest BCUT2D eigenvalue weighted by Crippen LogP contribution is 2.36. The second kappa shape index (κ2) is 9.03. The summed E-state index contributed by atoms with van der Waals surface area (Å²) in [6.07, 6.45) is -1.23. The van der Waals surface area contributed by atoms with Gasteiger partial charge in [-0.2, -0.15) is 13.2 Å². The monoisotopic (exact) mass is 451 g/mol. The Morgan fingerprint density at radius 1 is 1.09 bits per heavy atom. The molecular weight excluding hydrogens is 434 g/mol. The van der Waals surface area contributed by atoms with Gasteiger partial charge in [-0.25, -0.2) is 9.97 Å². The minimum Gasteiger partial charge on any atom is -0.422 e. The van der Waals surface area contributed by atoms with Crippen molar-refractivity contribution in [1.29, 1.82) is 0 Å². The molecule has 1 aromatic carbocycles. The number of fused-ring (bicyclic) bond motifs is 3. The van der Waals surface area contributed by atoms with Gasteiger partial charge in [0.1, 0.15) is 22.7 Å². The van der Waals surface area contributed by atoms with Gasteiger partial charge in [0.2, 0.25) is 6.39 Å². The van der Waals surface area contributed by atoms with Gasteiger partial charge in [0.25, 0.3) is 5.89 Å². The number of pyridine rings is 2. The molecule has 2 radical (unpaired) electrons. The molecule has 7 nitrogen and oxygen atoms in total. The van der Waals surface area contributed by atoms with Gasteiger partial charge in [0, 0.05) is 11.6 Å². The van der Waals surface area contributed by atoms with Gasteiger partial charge < -0.3 is 9.52 Å². The molecule has 4 aromatic heterocycles. The quantitative estimate of drug-likeness (QED) is 0.400. The Labute approximate surface area is 187 Å².